The summed E-state index contributed by atoms with van der Waals surface area (Å²) in [6, 6.07) is 4.03. The van der Waals surface area contributed by atoms with Crippen molar-refractivity contribution in [3.05, 3.63) is 24.2 Å². The fourth-order valence-corrected chi connectivity index (χ4v) is 2.60. The maximum absolute atomic E-state index is 6.07. The van der Waals surface area contributed by atoms with Crippen LogP contribution in [0.15, 0.2) is 22.8 Å². The summed E-state index contributed by atoms with van der Waals surface area (Å²) in [7, 11) is 1.71. The Bertz CT molecular complexity index is 251. The highest BCUT2D eigenvalue weighted by Gasteiger charge is 2.21. The Balaban J connectivity index is 2.54. The topological polar surface area (TPSA) is 48.4 Å². The highest BCUT2D eigenvalue weighted by Crippen LogP contribution is 2.32. The van der Waals surface area contributed by atoms with E-state index in [4.69, 9.17) is 14.9 Å². The van der Waals surface area contributed by atoms with E-state index in [0.29, 0.717) is 0 Å². The molecule has 0 aromatic carbocycles. The van der Waals surface area contributed by atoms with Crippen molar-refractivity contribution >= 4 is 11.8 Å². The third-order valence-corrected chi connectivity index (χ3v) is 3.61. The zero-order valence-electron chi connectivity index (χ0n) is 9.31. The number of methoxy groups -OCH3 is 1. The Hall–Kier alpha value is -0.450. The SMILES string of the molecule is CCC(N)C(SCCOC)c1ccco1. The van der Waals surface area contributed by atoms with Gasteiger partial charge in [-0.3, -0.25) is 0 Å². The molecule has 0 aliphatic heterocycles. The van der Waals surface area contributed by atoms with Crippen LogP contribution in [0, 0.1) is 0 Å². The first-order valence-electron chi connectivity index (χ1n) is 5.19. The molecule has 2 atom stereocenters. The minimum atomic E-state index is 0.137. The van der Waals surface area contributed by atoms with Gasteiger partial charge in [-0.05, 0) is 18.6 Å². The standard InChI is InChI=1S/C11H19NO2S/c1-3-9(12)11(15-8-7-13-2)10-5-4-6-14-10/h4-6,9,11H,3,7-8,12H2,1-2H3. The predicted octanol–water partition coefficient (Wildman–Crippen LogP) is 2.44. The van der Waals surface area contributed by atoms with E-state index in [2.05, 4.69) is 6.92 Å². The molecule has 0 bridgehead atoms. The minimum absolute atomic E-state index is 0.137. The van der Waals surface area contributed by atoms with Crippen LogP contribution in [-0.2, 0) is 4.74 Å². The van der Waals surface area contributed by atoms with Crippen molar-refractivity contribution in [2.24, 2.45) is 5.73 Å². The highest BCUT2D eigenvalue weighted by atomic mass is 32.2. The normalized spacial score (nSPS) is 15.1. The van der Waals surface area contributed by atoms with Crippen molar-refractivity contribution in [3.63, 3.8) is 0 Å². The second-order valence-electron chi connectivity index (χ2n) is 3.37. The van der Waals surface area contributed by atoms with E-state index in [1.54, 1.807) is 25.1 Å². The number of ether oxygens (including phenoxy) is 1. The summed E-state index contributed by atoms with van der Waals surface area (Å²) in [6.07, 6.45) is 2.65. The molecule has 0 amide bonds. The third kappa shape index (κ3) is 3.89. The summed E-state index contributed by atoms with van der Waals surface area (Å²) < 4.78 is 10.4. The second kappa shape index (κ2) is 6.93. The Morgan fingerprint density at radius 2 is 2.40 bits per heavy atom. The molecule has 1 heterocycles. The molecule has 0 spiro atoms. The second-order valence-corrected chi connectivity index (χ2v) is 4.62. The van der Waals surface area contributed by atoms with E-state index < -0.39 is 0 Å². The van der Waals surface area contributed by atoms with Gasteiger partial charge in [-0.1, -0.05) is 6.92 Å². The van der Waals surface area contributed by atoms with E-state index in [-0.39, 0.29) is 11.3 Å². The average Bonchev–Trinajstić information content (AvgIpc) is 2.77. The minimum Gasteiger partial charge on any atom is -0.468 e. The van der Waals surface area contributed by atoms with Gasteiger partial charge >= 0.3 is 0 Å². The van der Waals surface area contributed by atoms with Crippen LogP contribution in [0.2, 0.25) is 0 Å². The molecule has 1 aromatic heterocycles. The van der Waals surface area contributed by atoms with Gasteiger partial charge in [-0.2, -0.15) is 0 Å². The van der Waals surface area contributed by atoms with Crippen molar-refractivity contribution in [2.75, 3.05) is 19.5 Å². The lowest BCUT2D eigenvalue weighted by molar-refractivity contribution is 0.218. The van der Waals surface area contributed by atoms with E-state index >= 15 is 0 Å². The molecule has 1 aromatic rings. The summed E-state index contributed by atoms with van der Waals surface area (Å²) in [5.74, 6) is 1.90. The molecule has 15 heavy (non-hydrogen) atoms. The fraction of sp³-hybridized carbons (Fsp3) is 0.636. The van der Waals surface area contributed by atoms with Crippen molar-refractivity contribution in [3.8, 4) is 0 Å². The lowest BCUT2D eigenvalue weighted by atomic mass is 10.1. The third-order valence-electron chi connectivity index (χ3n) is 2.27. The van der Waals surface area contributed by atoms with Gasteiger partial charge in [-0.15, -0.1) is 11.8 Å². The summed E-state index contributed by atoms with van der Waals surface area (Å²) in [5, 5.41) is 0.236. The summed E-state index contributed by atoms with van der Waals surface area (Å²) in [6.45, 7) is 2.84. The molecule has 0 radical (unpaired) electrons. The Kier molecular flexibility index (Phi) is 5.83. The van der Waals surface area contributed by atoms with E-state index in [9.17, 15) is 0 Å². The lowest BCUT2D eigenvalue weighted by Gasteiger charge is -2.20. The molecule has 3 nitrogen and oxygen atoms in total. The Labute approximate surface area is 95.4 Å². The van der Waals surface area contributed by atoms with Crippen LogP contribution in [0.5, 0.6) is 0 Å². The van der Waals surface area contributed by atoms with Gasteiger partial charge in [0.2, 0.25) is 0 Å². The molecule has 1 rings (SSSR count). The molecular weight excluding hydrogens is 210 g/mol. The number of hydrogen-bond donors (Lipinski definition) is 1. The zero-order chi connectivity index (χ0) is 11.1. The van der Waals surface area contributed by atoms with Crippen LogP contribution < -0.4 is 5.73 Å². The summed E-state index contributed by atoms with van der Waals surface area (Å²) in [5.41, 5.74) is 6.07. The predicted molar refractivity (Wildman–Crippen MR) is 64.0 cm³/mol. The van der Waals surface area contributed by atoms with E-state index in [0.717, 1.165) is 24.5 Å². The quantitative estimate of drug-likeness (QED) is 0.730. The zero-order valence-corrected chi connectivity index (χ0v) is 10.1. The number of nitrogens with two attached hydrogens (primary N) is 1. The van der Waals surface area contributed by atoms with Crippen molar-refractivity contribution in [1.82, 2.24) is 0 Å². The number of thioether (sulfide) groups is 1. The lowest BCUT2D eigenvalue weighted by Crippen LogP contribution is -2.25. The molecule has 0 fully saturated rings. The van der Waals surface area contributed by atoms with Gasteiger partial charge in [0.05, 0.1) is 18.1 Å². The molecule has 4 heteroatoms. The van der Waals surface area contributed by atoms with Gasteiger partial charge in [-0.25, -0.2) is 0 Å². The van der Waals surface area contributed by atoms with Crippen LogP contribution in [-0.4, -0.2) is 25.5 Å². The van der Waals surface area contributed by atoms with Crippen molar-refractivity contribution in [2.45, 2.75) is 24.6 Å². The van der Waals surface area contributed by atoms with Gasteiger partial charge < -0.3 is 14.9 Å². The molecule has 0 saturated carbocycles. The number of hydrogen-bond acceptors (Lipinski definition) is 4. The van der Waals surface area contributed by atoms with E-state index in [1.165, 1.54) is 0 Å². The fourth-order valence-electron chi connectivity index (χ4n) is 1.34. The van der Waals surface area contributed by atoms with Crippen LogP contribution in [0.3, 0.4) is 0 Å². The van der Waals surface area contributed by atoms with Gasteiger partial charge in [0, 0.05) is 18.9 Å². The van der Waals surface area contributed by atoms with E-state index in [1.807, 2.05) is 12.1 Å². The molecule has 0 aliphatic carbocycles. The van der Waals surface area contributed by atoms with Gasteiger partial charge in [0.25, 0.3) is 0 Å². The first-order chi connectivity index (χ1) is 7.29. The maximum atomic E-state index is 6.07. The maximum Gasteiger partial charge on any atom is 0.118 e. The van der Waals surface area contributed by atoms with Crippen LogP contribution in [0.25, 0.3) is 0 Å². The van der Waals surface area contributed by atoms with Gasteiger partial charge in [0.15, 0.2) is 0 Å². The van der Waals surface area contributed by atoms with Gasteiger partial charge in [0.1, 0.15) is 5.76 Å². The van der Waals surface area contributed by atoms with Crippen molar-refractivity contribution in [1.29, 1.82) is 0 Å². The Morgan fingerprint density at radius 1 is 1.60 bits per heavy atom. The van der Waals surface area contributed by atoms with Crippen molar-refractivity contribution < 1.29 is 9.15 Å². The Morgan fingerprint density at radius 3 is 2.93 bits per heavy atom. The average molecular weight is 229 g/mol. The van der Waals surface area contributed by atoms with Crippen LogP contribution in [0.4, 0.5) is 0 Å². The largest absolute Gasteiger partial charge is 0.468 e. The smallest absolute Gasteiger partial charge is 0.118 e. The molecule has 2 N–H and O–H groups in total. The summed E-state index contributed by atoms with van der Waals surface area (Å²) in [4.78, 5) is 0. The molecule has 86 valence electrons. The first-order valence-corrected chi connectivity index (χ1v) is 6.24. The van der Waals surface area contributed by atoms with Crippen LogP contribution in [0.1, 0.15) is 24.4 Å². The number of furan rings is 1. The first kappa shape index (κ1) is 12.6. The molecule has 0 saturated heterocycles. The molecule has 0 aliphatic rings. The summed E-state index contributed by atoms with van der Waals surface area (Å²) >= 11 is 1.79. The highest BCUT2D eigenvalue weighted by molar-refractivity contribution is 7.99. The molecule has 2 unspecified atom stereocenters. The monoisotopic (exact) mass is 229 g/mol. The molecular formula is C11H19NO2S. The van der Waals surface area contributed by atoms with Crippen LogP contribution >= 0.6 is 11.8 Å². The number of rotatable bonds is 7.